The highest BCUT2D eigenvalue weighted by Gasteiger charge is 2.07. The lowest BCUT2D eigenvalue weighted by Gasteiger charge is -2.18. The van der Waals surface area contributed by atoms with Gasteiger partial charge in [-0.2, -0.15) is 11.8 Å². The van der Waals surface area contributed by atoms with Gasteiger partial charge < -0.3 is 5.32 Å². The molecule has 0 aliphatic heterocycles. The first kappa shape index (κ1) is 15.0. The molecule has 90 valence electrons. The van der Waals surface area contributed by atoms with Crippen LogP contribution in [0.2, 0.25) is 0 Å². The Labute approximate surface area is 100 Å². The van der Waals surface area contributed by atoms with Gasteiger partial charge in [-0.1, -0.05) is 26.3 Å². The highest BCUT2D eigenvalue weighted by molar-refractivity contribution is 7.99. The Balaban J connectivity index is 3.67. The maximum Gasteiger partial charge on any atom is 0.0161 e. The molecule has 1 nitrogen and oxygen atoms in total. The van der Waals surface area contributed by atoms with Crippen molar-refractivity contribution in [2.24, 2.45) is 5.92 Å². The largest absolute Gasteiger partial charge is 0.313 e. The summed E-state index contributed by atoms with van der Waals surface area (Å²) in [7, 11) is 0. The Kier molecular flexibility index (Phi) is 9.32. The predicted molar refractivity (Wildman–Crippen MR) is 73.7 cm³/mol. The quantitative estimate of drug-likeness (QED) is 0.605. The van der Waals surface area contributed by atoms with Crippen LogP contribution in [-0.2, 0) is 0 Å². The number of nitrogens with one attached hydrogen (secondary N) is 1. The van der Waals surface area contributed by atoms with Crippen molar-refractivity contribution in [1.82, 2.24) is 5.32 Å². The number of thioether (sulfide) groups is 1. The van der Waals surface area contributed by atoms with E-state index in [4.69, 9.17) is 0 Å². The lowest BCUT2D eigenvalue weighted by molar-refractivity contribution is 0.536. The van der Waals surface area contributed by atoms with Gasteiger partial charge in [0.1, 0.15) is 0 Å². The molecule has 0 aromatic carbocycles. The molecule has 0 aliphatic rings. The van der Waals surface area contributed by atoms with Crippen molar-refractivity contribution in [3.05, 3.63) is 12.2 Å². The van der Waals surface area contributed by atoms with Crippen LogP contribution in [0.15, 0.2) is 12.2 Å². The molecule has 0 bridgehead atoms. The topological polar surface area (TPSA) is 12.0 Å². The van der Waals surface area contributed by atoms with Crippen molar-refractivity contribution in [1.29, 1.82) is 0 Å². The first-order valence-electron chi connectivity index (χ1n) is 6.01. The van der Waals surface area contributed by atoms with Crippen LogP contribution in [0, 0.1) is 5.92 Å². The molecule has 0 aromatic rings. The summed E-state index contributed by atoms with van der Waals surface area (Å²) in [5.41, 5.74) is 1.30. The van der Waals surface area contributed by atoms with Crippen LogP contribution in [0.3, 0.4) is 0 Å². The Morgan fingerprint density at radius 1 is 1.33 bits per heavy atom. The molecule has 0 heterocycles. The molecule has 15 heavy (non-hydrogen) atoms. The van der Waals surface area contributed by atoms with Gasteiger partial charge in [0, 0.05) is 11.8 Å². The first-order chi connectivity index (χ1) is 7.06. The molecule has 0 aromatic heterocycles. The lowest BCUT2D eigenvalue weighted by atomic mass is 10.1. The van der Waals surface area contributed by atoms with E-state index in [2.05, 4.69) is 51.4 Å². The second kappa shape index (κ2) is 9.29. The Morgan fingerprint density at radius 3 is 2.47 bits per heavy atom. The van der Waals surface area contributed by atoms with Crippen LogP contribution in [-0.4, -0.2) is 24.1 Å². The minimum Gasteiger partial charge on any atom is -0.313 e. The van der Waals surface area contributed by atoms with Crippen LogP contribution in [0.25, 0.3) is 0 Å². The standard InChI is InChI=1S/C13H27NS/c1-6-14-13(8-7-11(2)3)10-15-9-12(4)5/h12-14H,2,6-10H2,1,3-5H3. The van der Waals surface area contributed by atoms with E-state index in [1.165, 1.54) is 23.5 Å². The second-order valence-electron chi connectivity index (χ2n) is 4.68. The van der Waals surface area contributed by atoms with Gasteiger partial charge in [0.05, 0.1) is 0 Å². The zero-order chi connectivity index (χ0) is 11.7. The van der Waals surface area contributed by atoms with Gasteiger partial charge in [-0.25, -0.2) is 0 Å². The maximum absolute atomic E-state index is 3.96. The fourth-order valence-electron chi connectivity index (χ4n) is 1.40. The van der Waals surface area contributed by atoms with Gasteiger partial charge in [-0.05, 0) is 38.0 Å². The van der Waals surface area contributed by atoms with Crippen molar-refractivity contribution in [3.8, 4) is 0 Å². The SMILES string of the molecule is C=C(C)CCC(CSCC(C)C)NCC. The van der Waals surface area contributed by atoms with E-state index < -0.39 is 0 Å². The predicted octanol–water partition coefficient (Wildman–Crippen LogP) is 3.71. The van der Waals surface area contributed by atoms with Crippen molar-refractivity contribution >= 4 is 11.8 Å². The third kappa shape index (κ3) is 10.3. The van der Waals surface area contributed by atoms with E-state index in [-0.39, 0.29) is 0 Å². The zero-order valence-electron chi connectivity index (χ0n) is 10.8. The lowest BCUT2D eigenvalue weighted by Crippen LogP contribution is -2.31. The van der Waals surface area contributed by atoms with Crippen molar-refractivity contribution in [2.45, 2.75) is 46.6 Å². The minimum atomic E-state index is 0.662. The Morgan fingerprint density at radius 2 is 2.00 bits per heavy atom. The van der Waals surface area contributed by atoms with Crippen LogP contribution in [0.4, 0.5) is 0 Å². The zero-order valence-corrected chi connectivity index (χ0v) is 11.6. The molecule has 0 fully saturated rings. The van der Waals surface area contributed by atoms with Crippen molar-refractivity contribution in [2.75, 3.05) is 18.1 Å². The summed E-state index contributed by atoms with van der Waals surface area (Å²) in [6.45, 7) is 13.9. The van der Waals surface area contributed by atoms with Gasteiger partial charge in [0.2, 0.25) is 0 Å². The summed E-state index contributed by atoms with van der Waals surface area (Å²) in [6, 6.07) is 0.662. The highest BCUT2D eigenvalue weighted by Crippen LogP contribution is 2.13. The molecule has 0 aliphatic carbocycles. The van der Waals surface area contributed by atoms with Gasteiger partial charge in [0.15, 0.2) is 0 Å². The molecule has 0 radical (unpaired) electrons. The van der Waals surface area contributed by atoms with Crippen molar-refractivity contribution < 1.29 is 0 Å². The molecule has 1 N–H and O–H groups in total. The average Bonchev–Trinajstić information content (AvgIpc) is 2.13. The van der Waals surface area contributed by atoms with E-state index in [0.29, 0.717) is 6.04 Å². The fourth-order valence-corrected chi connectivity index (χ4v) is 2.58. The molecule has 1 atom stereocenters. The van der Waals surface area contributed by atoms with Gasteiger partial charge in [-0.15, -0.1) is 6.58 Å². The van der Waals surface area contributed by atoms with Crippen molar-refractivity contribution in [3.63, 3.8) is 0 Å². The molecule has 0 spiro atoms. The third-order valence-electron chi connectivity index (χ3n) is 2.18. The van der Waals surface area contributed by atoms with E-state index in [0.717, 1.165) is 18.9 Å². The summed E-state index contributed by atoms with van der Waals surface area (Å²) in [5, 5.41) is 3.55. The van der Waals surface area contributed by atoms with Gasteiger partial charge >= 0.3 is 0 Å². The average molecular weight is 229 g/mol. The smallest absolute Gasteiger partial charge is 0.0161 e. The van der Waals surface area contributed by atoms with Gasteiger partial charge in [-0.3, -0.25) is 0 Å². The second-order valence-corrected chi connectivity index (χ2v) is 5.76. The molecule has 0 rings (SSSR count). The molecule has 2 heteroatoms. The number of hydrogen-bond acceptors (Lipinski definition) is 2. The number of allylic oxidation sites excluding steroid dienone is 1. The summed E-state index contributed by atoms with van der Waals surface area (Å²) < 4.78 is 0. The van der Waals surface area contributed by atoms with E-state index in [1.54, 1.807) is 0 Å². The normalized spacial score (nSPS) is 13.1. The van der Waals surface area contributed by atoms with Crippen LogP contribution >= 0.6 is 11.8 Å². The molecular weight excluding hydrogens is 202 g/mol. The molecule has 0 saturated heterocycles. The van der Waals surface area contributed by atoms with E-state index in [1.807, 2.05) is 0 Å². The summed E-state index contributed by atoms with van der Waals surface area (Å²) in [4.78, 5) is 0. The van der Waals surface area contributed by atoms with Crippen LogP contribution in [0.1, 0.15) is 40.5 Å². The van der Waals surface area contributed by atoms with E-state index in [9.17, 15) is 0 Å². The summed E-state index contributed by atoms with van der Waals surface area (Å²) in [6.07, 6.45) is 2.38. The fraction of sp³-hybridized carbons (Fsp3) is 0.846. The van der Waals surface area contributed by atoms with Crippen LogP contribution < -0.4 is 5.32 Å². The van der Waals surface area contributed by atoms with Gasteiger partial charge in [0.25, 0.3) is 0 Å². The van der Waals surface area contributed by atoms with Crippen LogP contribution in [0.5, 0.6) is 0 Å². The molecule has 0 amide bonds. The number of rotatable bonds is 9. The first-order valence-corrected chi connectivity index (χ1v) is 7.17. The van der Waals surface area contributed by atoms with E-state index >= 15 is 0 Å². The summed E-state index contributed by atoms with van der Waals surface area (Å²) in [5.74, 6) is 3.31. The highest BCUT2D eigenvalue weighted by atomic mass is 32.2. The molecule has 1 unspecified atom stereocenters. The molecular formula is C13H27NS. The Bertz CT molecular complexity index is 166. The maximum atomic E-state index is 3.96. The Hall–Kier alpha value is 0.0500. The summed E-state index contributed by atoms with van der Waals surface area (Å²) >= 11 is 2.07. The minimum absolute atomic E-state index is 0.662. The monoisotopic (exact) mass is 229 g/mol. The third-order valence-corrected chi connectivity index (χ3v) is 3.72. The molecule has 0 saturated carbocycles. The number of hydrogen-bond donors (Lipinski definition) is 1.